The van der Waals surface area contributed by atoms with E-state index >= 15 is 0 Å². The van der Waals surface area contributed by atoms with Crippen molar-refractivity contribution in [2.75, 3.05) is 5.73 Å². The van der Waals surface area contributed by atoms with Crippen LogP contribution < -0.4 is 5.73 Å². The fraction of sp³-hybridized carbons (Fsp3) is 0.222. The Morgan fingerprint density at radius 2 is 2.31 bits per heavy atom. The standard InChI is InChI=1S/C9H9ClN2O/c1-2-8-12-7-4-5(11)3-6(10)9(7)13-8/h3-4H,2,11H2,1H3. The molecule has 0 bridgehead atoms. The Balaban J connectivity index is 2.75. The molecule has 0 unspecified atom stereocenters. The lowest BCUT2D eigenvalue weighted by Gasteiger charge is -1.93. The quantitative estimate of drug-likeness (QED) is 0.714. The SMILES string of the molecule is CCc1nc2cc(N)cc(Cl)c2o1. The van der Waals surface area contributed by atoms with E-state index in [2.05, 4.69) is 4.98 Å². The highest BCUT2D eigenvalue weighted by Gasteiger charge is 2.08. The third kappa shape index (κ3) is 1.35. The van der Waals surface area contributed by atoms with Crippen LogP contribution in [0.4, 0.5) is 5.69 Å². The first-order valence-corrected chi connectivity index (χ1v) is 4.43. The average Bonchev–Trinajstić information content (AvgIpc) is 2.47. The number of aromatic nitrogens is 1. The molecule has 2 N–H and O–H groups in total. The second-order valence-corrected chi connectivity index (χ2v) is 3.22. The number of fused-ring (bicyclic) bond motifs is 1. The minimum Gasteiger partial charge on any atom is -0.439 e. The number of halogens is 1. The number of hydrogen-bond acceptors (Lipinski definition) is 3. The molecule has 3 nitrogen and oxygen atoms in total. The molecule has 1 aromatic heterocycles. The largest absolute Gasteiger partial charge is 0.439 e. The molecule has 2 rings (SSSR count). The molecule has 0 saturated carbocycles. The predicted octanol–water partition coefficient (Wildman–Crippen LogP) is 2.63. The van der Waals surface area contributed by atoms with E-state index in [1.807, 2.05) is 6.92 Å². The van der Waals surface area contributed by atoms with Crippen LogP contribution in [0.25, 0.3) is 11.1 Å². The second kappa shape index (κ2) is 2.92. The number of oxazole rings is 1. The van der Waals surface area contributed by atoms with E-state index in [-0.39, 0.29) is 0 Å². The van der Waals surface area contributed by atoms with Crippen molar-refractivity contribution >= 4 is 28.4 Å². The van der Waals surface area contributed by atoms with E-state index in [4.69, 9.17) is 21.8 Å². The molecule has 0 atom stereocenters. The van der Waals surface area contributed by atoms with Crippen molar-refractivity contribution in [3.05, 3.63) is 23.0 Å². The van der Waals surface area contributed by atoms with Gasteiger partial charge in [0, 0.05) is 12.1 Å². The van der Waals surface area contributed by atoms with Crippen molar-refractivity contribution in [3.8, 4) is 0 Å². The van der Waals surface area contributed by atoms with Crippen molar-refractivity contribution in [2.45, 2.75) is 13.3 Å². The molecule has 0 fully saturated rings. The summed E-state index contributed by atoms with van der Waals surface area (Å²) in [5, 5.41) is 0.516. The summed E-state index contributed by atoms with van der Waals surface area (Å²) in [5.74, 6) is 0.683. The van der Waals surface area contributed by atoms with Crippen LogP contribution in [-0.2, 0) is 6.42 Å². The summed E-state index contributed by atoms with van der Waals surface area (Å²) in [6.07, 6.45) is 0.755. The van der Waals surface area contributed by atoms with Crippen LogP contribution in [0.3, 0.4) is 0 Å². The zero-order valence-corrected chi connectivity index (χ0v) is 7.93. The topological polar surface area (TPSA) is 52.0 Å². The molecule has 1 aromatic carbocycles. The van der Waals surface area contributed by atoms with Crippen LogP contribution >= 0.6 is 11.6 Å². The summed E-state index contributed by atoms with van der Waals surface area (Å²) in [4.78, 5) is 4.22. The number of nitrogen functional groups attached to an aromatic ring is 1. The summed E-state index contributed by atoms with van der Waals surface area (Å²) in [6.45, 7) is 1.97. The number of anilines is 1. The van der Waals surface area contributed by atoms with Crippen LogP contribution in [0.2, 0.25) is 5.02 Å². The summed E-state index contributed by atoms with van der Waals surface area (Å²) in [7, 11) is 0. The van der Waals surface area contributed by atoms with E-state index in [0.29, 0.717) is 22.2 Å². The summed E-state index contributed by atoms with van der Waals surface area (Å²) in [5.41, 5.74) is 7.56. The van der Waals surface area contributed by atoms with Crippen LogP contribution in [-0.4, -0.2) is 4.98 Å². The van der Waals surface area contributed by atoms with E-state index in [1.165, 1.54) is 0 Å². The molecule has 13 heavy (non-hydrogen) atoms. The second-order valence-electron chi connectivity index (χ2n) is 2.81. The molecule has 2 aromatic rings. The molecule has 68 valence electrons. The fourth-order valence-electron chi connectivity index (χ4n) is 1.21. The van der Waals surface area contributed by atoms with Crippen molar-refractivity contribution in [3.63, 3.8) is 0 Å². The summed E-state index contributed by atoms with van der Waals surface area (Å²) in [6, 6.07) is 3.42. The number of rotatable bonds is 1. The lowest BCUT2D eigenvalue weighted by atomic mass is 10.3. The zero-order chi connectivity index (χ0) is 9.42. The minimum atomic E-state index is 0.516. The predicted molar refractivity (Wildman–Crippen MR) is 52.8 cm³/mol. The highest BCUT2D eigenvalue weighted by Crippen LogP contribution is 2.27. The molecule has 0 saturated heterocycles. The van der Waals surface area contributed by atoms with E-state index in [9.17, 15) is 0 Å². The smallest absolute Gasteiger partial charge is 0.195 e. The van der Waals surface area contributed by atoms with Crippen molar-refractivity contribution in [2.24, 2.45) is 0 Å². The summed E-state index contributed by atoms with van der Waals surface area (Å²) >= 11 is 5.92. The molecular formula is C9H9ClN2O. The minimum absolute atomic E-state index is 0.516. The van der Waals surface area contributed by atoms with Gasteiger partial charge in [0.05, 0.1) is 5.02 Å². The van der Waals surface area contributed by atoms with Gasteiger partial charge in [-0.15, -0.1) is 0 Å². The first kappa shape index (κ1) is 8.38. The molecule has 0 amide bonds. The fourth-order valence-corrected chi connectivity index (χ4v) is 1.47. The Hall–Kier alpha value is -1.22. The summed E-state index contributed by atoms with van der Waals surface area (Å²) < 4.78 is 5.40. The van der Waals surface area contributed by atoms with Crippen LogP contribution in [0.5, 0.6) is 0 Å². The molecule has 0 radical (unpaired) electrons. The first-order chi connectivity index (χ1) is 6.20. The number of nitrogens with two attached hydrogens (primary N) is 1. The van der Waals surface area contributed by atoms with Gasteiger partial charge in [-0.3, -0.25) is 0 Å². The van der Waals surface area contributed by atoms with Gasteiger partial charge in [0.25, 0.3) is 0 Å². The first-order valence-electron chi connectivity index (χ1n) is 4.05. The Labute approximate surface area is 80.5 Å². The van der Waals surface area contributed by atoms with Crippen molar-refractivity contribution in [1.29, 1.82) is 0 Å². The normalized spacial score (nSPS) is 10.9. The van der Waals surface area contributed by atoms with Gasteiger partial charge in [0.1, 0.15) is 5.52 Å². The third-order valence-corrected chi connectivity index (χ3v) is 2.09. The number of aryl methyl sites for hydroxylation is 1. The highest BCUT2D eigenvalue weighted by atomic mass is 35.5. The maximum atomic E-state index is 5.92. The average molecular weight is 197 g/mol. The number of nitrogens with zero attached hydrogens (tertiary/aromatic N) is 1. The molecule has 0 aliphatic rings. The van der Waals surface area contributed by atoms with Gasteiger partial charge in [0.2, 0.25) is 0 Å². The van der Waals surface area contributed by atoms with Gasteiger partial charge in [-0.25, -0.2) is 4.98 Å². The maximum Gasteiger partial charge on any atom is 0.195 e. The Morgan fingerprint density at radius 1 is 1.54 bits per heavy atom. The molecule has 0 aliphatic carbocycles. The van der Waals surface area contributed by atoms with Gasteiger partial charge < -0.3 is 10.2 Å². The Kier molecular flexibility index (Phi) is 1.88. The van der Waals surface area contributed by atoms with E-state index in [1.54, 1.807) is 12.1 Å². The van der Waals surface area contributed by atoms with Crippen molar-refractivity contribution in [1.82, 2.24) is 4.98 Å². The Bertz CT molecular complexity index is 450. The molecule has 4 heteroatoms. The van der Waals surface area contributed by atoms with Gasteiger partial charge in [-0.1, -0.05) is 18.5 Å². The van der Waals surface area contributed by atoms with Gasteiger partial charge >= 0.3 is 0 Å². The van der Waals surface area contributed by atoms with Crippen LogP contribution in [0, 0.1) is 0 Å². The molecular weight excluding hydrogens is 188 g/mol. The zero-order valence-electron chi connectivity index (χ0n) is 7.17. The van der Waals surface area contributed by atoms with E-state index in [0.717, 1.165) is 11.9 Å². The maximum absolute atomic E-state index is 5.92. The number of benzene rings is 1. The van der Waals surface area contributed by atoms with Crippen molar-refractivity contribution < 1.29 is 4.42 Å². The van der Waals surface area contributed by atoms with Crippen LogP contribution in [0.15, 0.2) is 16.5 Å². The van der Waals surface area contributed by atoms with Gasteiger partial charge in [-0.05, 0) is 12.1 Å². The van der Waals surface area contributed by atoms with Gasteiger partial charge in [-0.2, -0.15) is 0 Å². The lowest BCUT2D eigenvalue weighted by molar-refractivity contribution is 0.538. The van der Waals surface area contributed by atoms with Crippen LogP contribution in [0.1, 0.15) is 12.8 Å². The Morgan fingerprint density at radius 3 is 3.00 bits per heavy atom. The van der Waals surface area contributed by atoms with Gasteiger partial charge in [0.15, 0.2) is 11.5 Å². The third-order valence-electron chi connectivity index (χ3n) is 1.81. The molecule has 1 heterocycles. The van der Waals surface area contributed by atoms with E-state index < -0.39 is 0 Å². The molecule has 0 aliphatic heterocycles. The lowest BCUT2D eigenvalue weighted by Crippen LogP contribution is -1.83. The monoisotopic (exact) mass is 196 g/mol. The highest BCUT2D eigenvalue weighted by molar-refractivity contribution is 6.35. The number of hydrogen-bond donors (Lipinski definition) is 1. The molecule has 0 spiro atoms.